The normalized spacial score (nSPS) is 12.2. The van der Waals surface area contributed by atoms with Crippen LogP contribution in [-0.2, 0) is 16.0 Å². The lowest BCUT2D eigenvalue weighted by Crippen LogP contribution is -2.44. The second kappa shape index (κ2) is 6.92. The molecule has 0 saturated carbocycles. The Bertz CT molecular complexity index is 454. The third kappa shape index (κ3) is 4.73. The molecule has 1 aromatic carbocycles. The van der Waals surface area contributed by atoms with Gasteiger partial charge in [0, 0.05) is 6.42 Å². The number of hydrogen-bond donors (Lipinski definition) is 2. The monoisotopic (exact) mass is 263 g/mol. The number of hydrogen-bond acceptors (Lipinski definition) is 2. The average molecular weight is 263 g/mol. The van der Waals surface area contributed by atoms with Gasteiger partial charge in [-0.3, -0.25) is 4.79 Å². The first-order valence-electron chi connectivity index (χ1n) is 6.48. The summed E-state index contributed by atoms with van der Waals surface area (Å²) in [5.41, 5.74) is 2.27. The number of carbonyl (C=O) groups excluding carboxylic acids is 1. The summed E-state index contributed by atoms with van der Waals surface area (Å²) in [7, 11) is 0. The van der Waals surface area contributed by atoms with Crippen LogP contribution in [0.1, 0.15) is 31.4 Å². The fourth-order valence-corrected chi connectivity index (χ4v) is 1.90. The number of carboxylic acid groups (broad SMARTS) is 1. The van der Waals surface area contributed by atoms with E-state index in [0.29, 0.717) is 12.8 Å². The third-order valence-corrected chi connectivity index (χ3v) is 3.13. The molecule has 0 aliphatic heterocycles. The zero-order chi connectivity index (χ0) is 14.4. The van der Waals surface area contributed by atoms with Crippen molar-refractivity contribution in [2.45, 2.75) is 39.7 Å². The van der Waals surface area contributed by atoms with E-state index in [2.05, 4.69) is 5.32 Å². The predicted octanol–water partition coefficient (Wildman–Crippen LogP) is 2.15. The summed E-state index contributed by atoms with van der Waals surface area (Å²) >= 11 is 0. The molecule has 104 valence electrons. The number of carbonyl (C=O) groups is 2. The minimum absolute atomic E-state index is 0.125. The van der Waals surface area contributed by atoms with Crippen LogP contribution in [0.4, 0.5) is 0 Å². The van der Waals surface area contributed by atoms with Gasteiger partial charge in [-0.1, -0.05) is 38.1 Å². The molecular weight excluding hydrogens is 242 g/mol. The Hall–Kier alpha value is -1.84. The van der Waals surface area contributed by atoms with E-state index in [1.54, 1.807) is 13.8 Å². The molecule has 0 spiro atoms. The number of aryl methyl sites for hydroxylation is 2. The van der Waals surface area contributed by atoms with Gasteiger partial charge in [-0.25, -0.2) is 4.79 Å². The highest BCUT2D eigenvalue weighted by Gasteiger charge is 2.23. The summed E-state index contributed by atoms with van der Waals surface area (Å²) < 4.78 is 0. The van der Waals surface area contributed by atoms with E-state index < -0.39 is 12.0 Å². The van der Waals surface area contributed by atoms with Crippen LogP contribution < -0.4 is 5.32 Å². The van der Waals surface area contributed by atoms with E-state index in [1.165, 1.54) is 0 Å². The lowest BCUT2D eigenvalue weighted by Gasteiger charge is -2.17. The van der Waals surface area contributed by atoms with Crippen molar-refractivity contribution in [2.75, 3.05) is 0 Å². The molecule has 4 nitrogen and oxygen atoms in total. The molecule has 1 rings (SSSR count). The minimum Gasteiger partial charge on any atom is -0.480 e. The fraction of sp³-hybridized carbons (Fsp3) is 0.467. The molecule has 0 bridgehead atoms. The van der Waals surface area contributed by atoms with Crippen molar-refractivity contribution in [3.8, 4) is 0 Å². The average Bonchev–Trinajstić information content (AvgIpc) is 2.34. The molecule has 0 aliphatic rings. The number of nitrogens with one attached hydrogen (secondary N) is 1. The van der Waals surface area contributed by atoms with Crippen LogP contribution in [0.2, 0.25) is 0 Å². The van der Waals surface area contributed by atoms with Crippen molar-refractivity contribution >= 4 is 11.9 Å². The predicted molar refractivity (Wildman–Crippen MR) is 73.9 cm³/mol. The van der Waals surface area contributed by atoms with E-state index in [1.807, 2.05) is 31.2 Å². The van der Waals surface area contributed by atoms with Gasteiger partial charge >= 0.3 is 5.97 Å². The van der Waals surface area contributed by atoms with Crippen molar-refractivity contribution in [3.05, 3.63) is 35.4 Å². The van der Waals surface area contributed by atoms with Gasteiger partial charge in [0.2, 0.25) is 5.91 Å². The Morgan fingerprint density at radius 3 is 2.42 bits per heavy atom. The molecule has 0 aromatic heterocycles. The Kier molecular flexibility index (Phi) is 5.55. The Labute approximate surface area is 113 Å². The summed E-state index contributed by atoms with van der Waals surface area (Å²) in [6, 6.07) is 7.07. The number of benzene rings is 1. The molecular formula is C15H21NO3. The second-order valence-corrected chi connectivity index (χ2v) is 5.05. The van der Waals surface area contributed by atoms with Gasteiger partial charge in [0.1, 0.15) is 6.04 Å². The Morgan fingerprint density at radius 2 is 1.89 bits per heavy atom. The van der Waals surface area contributed by atoms with Crippen LogP contribution in [0, 0.1) is 12.8 Å². The highest BCUT2D eigenvalue weighted by atomic mass is 16.4. The third-order valence-electron chi connectivity index (χ3n) is 3.13. The van der Waals surface area contributed by atoms with Crippen molar-refractivity contribution in [3.63, 3.8) is 0 Å². The summed E-state index contributed by atoms with van der Waals surface area (Å²) in [6.07, 6.45) is 0.935. The molecule has 1 amide bonds. The molecule has 1 atom stereocenters. The van der Waals surface area contributed by atoms with Crippen LogP contribution in [0.25, 0.3) is 0 Å². The van der Waals surface area contributed by atoms with Gasteiger partial charge in [-0.2, -0.15) is 0 Å². The standard InChI is InChI=1S/C15H21NO3/c1-10(2)14(15(18)19)16-13(17)9-8-12-7-5-4-6-11(12)3/h4-7,10,14H,8-9H2,1-3H3,(H,16,17)(H,18,19). The van der Waals surface area contributed by atoms with E-state index in [0.717, 1.165) is 11.1 Å². The van der Waals surface area contributed by atoms with Gasteiger partial charge in [0.05, 0.1) is 0 Å². The van der Waals surface area contributed by atoms with Crippen molar-refractivity contribution in [1.29, 1.82) is 0 Å². The maximum Gasteiger partial charge on any atom is 0.326 e. The summed E-state index contributed by atoms with van der Waals surface area (Å²) in [5, 5.41) is 11.6. The van der Waals surface area contributed by atoms with Crippen LogP contribution in [0.3, 0.4) is 0 Å². The van der Waals surface area contributed by atoms with Gasteiger partial charge < -0.3 is 10.4 Å². The van der Waals surface area contributed by atoms with Crippen molar-refractivity contribution in [2.24, 2.45) is 5.92 Å². The highest BCUT2D eigenvalue weighted by Crippen LogP contribution is 2.10. The van der Waals surface area contributed by atoms with Crippen molar-refractivity contribution < 1.29 is 14.7 Å². The minimum atomic E-state index is -0.987. The first-order chi connectivity index (χ1) is 8.91. The van der Waals surface area contributed by atoms with Crippen LogP contribution >= 0.6 is 0 Å². The molecule has 0 fully saturated rings. The van der Waals surface area contributed by atoms with E-state index >= 15 is 0 Å². The van der Waals surface area contributed by atoms with E-state index in [-0.39, 0.29) is 11.8 Å². The van der Waals surface area contributed by atoms with Gasteiger partial charge in [0.25, 0.3) is 0 Å². The fourth-order valence-electron chi connectivity index (χ4n) is 1.90. The molecule has 1 aromatic rings. The number of amides is 1. The molecule has 1 unspecified atom stereocenters. The molecule has 0 radical (unpaired) electrons. The molecule has 0 heterocycles. The van der Waals surface area contributed by atoms with Gasteiger partial charge in [0.15, 0.2) is 0 Å². The van der Waals surface area contributed by atoms with Gasteiger partial charge in [-0.05, 0) is 30.4 Å². The smallest absolute Gasteiger partial charge is 0.326 e. The van der Waals surface area contributed by atoms with E-state index in [9.17, 15) is 9.59 Å². The van der Waals surface area contributed by atoms with Gasteiger partial charge in [-0.15, -0.1) is 0 Å². The molecule has 4 heteroatoms. The maximum atomic E-state index is 11.8. The SMILES string of the molecule is Cc1ccccc1CCC(=O)NC(C(=O)O)C(C)C. The quantitative estimate of drug-likeness (QED) is 0.826. The van der Waals surface area contributed by atoms with Crippen LogP contribution in [0.15, 0.2) is 24.3 Å². The number of aliphatic carboxylic acids is 1. The largest absolute Gasteiger partial charge is 0.480 e. The topological polar surface area (TPSA) is 66.4 Å². The Morgan fingerprint density at radius 1 is 1.26 bits per heavy atom. The first-order valence-corrected chi connectivity index (χ1v) is 6.48. The number of carboxylic acids is 1. The molecule has 19 heavy (non-hydrogen) atoms. The molecule has 0 aliphatic carbocycles. The summed E-state index contributed by atoms with van der Waals surface area (Å²) in [4.78, 5) is 22.8. The lowest BCUT2D eigenvalue weighted by molar-refractivity contribution is -0.143. The Balaban J connectivity index is 2.52. The molecule has 2 N–H and O–H groups in total. The van der Waals surface area contributed by atoms with Crippen LogP contribution in [0.5, 0.6) is 0 Å². The zero-order valence-corrected chi connectivity index (χ0v) is 11.6. The lowest BCUT2D eigenvalue weighted by atomic mass is 10.0. The van der Waals surface area contributed by atoms with Crippen LogP contribution in [-0.4, -0.2) is 23.0 Å². The zero-order valence-electron chi connectivity index (χ0n) is 11.6. The molecule has 0 saturated heterocycles. The van der Waals surface area contributed by atoms with Crippen molar-refractivity contribution in [1.82, 2.24) is 5.32 Å². The number of rotatable bonds is 6. The van der Waals surface area contributed by atoms with E-state index in [4.69, 9.17) is 5.11 Å². The highest BCUT2D eigenvalue weighted by molar-refractivity contribution is 5.83. The summed E-state index contributed by atoms with van der Waals surface area (Å²) in [6.45, 7) is 5.56. The second-order valence-electron chi connectivity index (χ2n) is 5.05. The summed E-state index contributed by atoms with van der Waals surface area (Å²) in [5.74, 6) is -1.33. The first kappa shape index (κ1) is 15.2. The maximum absolute atomic E-state index is 11.8.